The third-order valence-electron chi connectivity index (χ3n) is 5.37. The van der Waals surface area contributed by atoms with Gasteiger partial charge in [0, 0.05) is 31.0 Å². The molecule has 0 saturated carbocycles. The van der Waals surface area contributed by atoms with Crippen molar-refractivity contribution < 1.29 is 9.59 Å². The van der Waals surface area contributed by atoms with Crippen LogP contribution in [-0.2, 0) is 11.3 Å². The zero-order valence-electron chi connectivity index (χ0n) is 16.1. The molecule has 2 heterocycles. The van der Waals surface area contributed by atoms with Crippen LogP contribution in [0.3, 0.4) is 0 Å². The number of likely N-dealkylation sites (tertiary alicyclic amines) is 1. The summed E-state index contributed by atoms with van der Waals surface area (Å²) in [5.74, 6) is 0.00308. The van der Waals surface area contributed by atoms with Gasteiger partial charge in [0.25, 0.3) is 0 Å². The van der Waals surface area contributed by atoms with Crippen molar-refractivity contribution in [3.05, 3.63) is 66.5 Å². The molecule has 1 saturated heterocycles. The average molecular weight is 389 g/mol. The first kappa shape index (κ1) is 19.0. The average Bonchev–Trinajstić information content (AvgIpc) is 3.31. The predicted molar refractivity (Wildman–Crippen MR) is 108 cm³/mol. The summed E-state index contributed by atoms with van der Waals surface area (Å²) in [7, 11) is 0. The SMILES string of the molecule is O=C(c1ccc(-c2ccccc2)cc1)[C@H]1CCCN(C(=O)CCn2cnnn2)C1. The highest BCUT2D eigenvalue weighted by molar-refractivity contribution is 5.98. The molecule has 1 aromatic heterocycles. The Kier molecular flexibility index (Phi) is 5.74. The molecule has 1 atom stereocenters. The lowest BCUT2D eigenvalue weighted by atomic mass is 9.89. The van der Waals surface area contributed by atoms with Gasteiger partial charge < -0.3 is 4.90 Å². The van der Waals surface area contributed by atoms with E-state index in [2.05, 4.69) is 27.7 Å². The molecule has 0 spiro atoms. The molecular formula is C22H23N5O2. The van der Waals surface area contributed by atoms with Crippen LogP contribution in [0.5, 0.6) is 0 Å². The highest BCUT2D eigenvalue weighted by atomic mass is 16.2. The highest BCUT2D eigenvalue weighted by Crippen LogP contribution is 2.24. The van der Waals surface area contributed by atoms with Crippen LogP contribution in [-0.4, -0.2) is 49.9 Å². The quantitative estimate of drug-likeness (QED) is 0.606. The summed E-state index contributed by atoms with van der Waals surface area (Å²) in [5.41, 5.74) is 2.92. The van der Waals surface area contributed by atoms with Gasteiger partial charge in [-0.25, -0.2) is 4.68 Å². The maximum Gasteiger partial charge on any atom is 0.224 e. The standard InChI is InChI=1S/C22H23N5O2/c28-21(12-14-27-16-23-24-25-27)26-13-4-7-20(15-26)22(29)19-10-8-18(9-11-19)17-5-2-1-3-6-17/h1-3,5-6,8-11,16,20H,4,7,12-15H2/t20-/m0/s1. The third-order valence-corrected chi connectivity index (χ3v) is 5.37. The van der Waals surface area contributed by atoms with Crippen molar-refractivity contribution in [2.24, 2.45) is 5.92 Å². The Morgan fingerprint density at radius 3 is 2.48 bits per heavy atom. The molecule has 0 unspecified atom stereocenters. The second kappa shape index (κ2) is 8.77. The summed E-state index contributed by atoms with van der Waals surface area (Å²) in [5, 5.41) is 10.9. The van der Waals surface area contributed by atoms with Crippen LogP contribution in [0.15, 0.2) is 60.9 Å². The van der Waals surface area contributed by atoms with Gasteiger partial charge in [-0.1, -0.05) is 54.6 Å². The molecule has 1 aliphatic rings. The molecule has 148 valence electrons. The largest absolute Gasteiger partial charge is 0.342 e. The lowest BCUT2D eigenvalue weighted by Crippen LogP contribution is -2.42. The molecular weight excluding hydrogens is 366 g/mol. The van der Waals surface area contributed by atoms with E-state index in [9.17, 15) is 9.59 Å². The van der Waals surface area contributed by atoms with E-state index in [-0.39, 0.29) is 17.6 Å². The molecule has 4 rings (SSSR count). The van der Waals surface area contributed by atoms with Gasteiger partial charge in [-0.3, -0.25) is 9.59 Å². The van der Waals surface area contributed by atoms with E-state index in [0.29, 0.717) is 31.6 Å². The van der Waals surface area contributed by atoms with Gasteiger partial charge in [-0.15, -0.1) is 5.10 Å². The van der Waals surface area contributed by atoms with Gasteiger partial charge in [0.15, 0.2) is 5.78 Å². The van der Waals surface area contributed by atoms with Crippen molar-refractivity contribution in [3.63, 3.8) is 0 Å². The van der Waals surface area contributed by atoms with Crippen LogP contribution < -0.4 is 0 Å². The zero-order chi connectivity index (χ0) is 20.1. The van der Waals surface area contributed by atoms with E-state index in [0.717, 1.165) is 24.0 Å². The Labute approximate surface area is 169 Å². The fourth-order valence-corrected chi connectivity index (χ4v) is 3.76. The molecule has 0 N–H and O–H groups in total. The Balaban J connectivity index is 1.37. The number of carbonyl (C=O) groups is 2. The number of tetrazole rings is 1. The lowest BCUT2D eigenvalue weighted by Gasteiger charge is -2.32. The molecule has 1 amide bonds. The van der Waals surface area contributed by atoms with Gasteiger partial charge in [0.05, 0.1) is 6.54 Å². The van der Waals surface area contributed by atoms with E-state index >= 15 is 0 Å². The van der Waals surface area contributed by atoms with Gasteiger partial charge in [-0.05, 0) is 34.4 Å². The Hall–Kier alpha value is -3.35. The summed E-state index contributed by atoms with van der Waals surface area (Å²) < 4.78 is 1.54. The predicted octanol–water partition coefficient (Wildman–Crippen LogP) is 2.85. The number of hydrogen-bond acceptors (Lipinski definition) is 5. The van der Waals surface area contributed by atoms with Gasteiger partial charge in [0.2, 0.25) is 5.91 Å². The number of Topliss-reactive ketones (excluding diaryl/α,β-unsaturated/α-hetero) is 1. The third kappa shape index (κ3) is 4.56. The normalized spacial score (nSPS) is 16.6. The summed E-state index contributed by atoms with van der Waals surface area (Å²) in [6.45, 7) is 1.63. The number of nitrogens with zero attached hydrogens (tertiary/aromatic N) is 5. The van der Waals surface area contributed by atoms with Crippen LogP contribution in [0.1, 0.15) is 29.6 Å². The first-order chi connectivity index (χ1) is 14.2. The second-order valence-electron chi connectivity index (χ2n) is 7.31. The highest BCUT2D eigenvalue weighted by Gasteiger charge is 2.28. The second-order valence-corrected chi connectivity index (χ2v) is 7.31. The maximum absolute atomic E-state index is 13.0. The number of rotatable bonds is 6. The van der Waals surface area contributed by atoms with Crippen molar-refractivity contribution in [1.29, 1.82) is 0 Å². The molecule has 0 aliphatic carbocycles. The smallest absolute Gasteiger partial charge is 0.224 e. The summed E-state index contributed by atoms with van der Waals surface area (Å²) in [6.07, 6.45) is 3.48. The number of benzene rings is 2. The minimum Gasteiger partial charge on any atom is -0.342 e. The van der Waals surface area contributed by atoms with E-state index in [1.165, 1.54) is 6.33 Å². The summed E-state index contributed by atoms with van der Waals surface area (Å²) in [6, 6.07) is 17.9. The summed E-state index contributed by atoms with van der Waals surface area (Å²) in [4.78, 5) is 27.3. The maximum atomic E-state index is 13.0. The van der Waals surface area contributed by atoms with Crippen LogP contribution in [0.25, 0.3) is 11.1 Å². The van der Waals surface area contributed by atoms with Gasteiger partial charge in [-0.2, -0.15) is 0 Å². The van der Waals surface area contributed by atoms with Gasteiger partial charge in [0.1, 0.15) is 6.33 Å². The molecule has 3 aromatic rings. The minimum atomic E-state index is -0.150. The van der Waals surface area contributed by atoms with E-state index in [1.807, 2.05) is 42.5 Å². The Morgan fingerprint density at radius 1 is 1.00 bits per heavy atom. The van der Waals surface area contributed by atoms with E-state index < -0.39 is 0 Å². The first-order valence-corrected chi connectivity index (χ1v) is 9.89. The Morgan fingerprint density at radius 2 is 1.76 bits per heavy atom. The molecule has 29 heavy (non-hydrogen) atoms. The van der Waals surface area contributed by atoms with Crippen molar-refractivity contribution >= 4 is 11.7 Å². The molecule has 7 nitrogen and oxygen atoms in total. The number of ketones is 1. The number of amides is 1. The van der Waals surface area contributed by atoms with E-state index in [1.54, 1.807) is 9.58 Å². The molecule has 1 aliphatic heterocycles. The number of aromatic nitrogens is 4. The van der Waals surface area contributed by atoms with Crippen LogP contribution in [0, 0.1) is 5.92 Å². The monoisotopic (exact) mass is 389 g/mol. The van der Waals surface area contributed by atoms with Crippen LogP contribution in [0.2, 0.25) is 0 Å². The van der Waals surface area contributed by atoms with Crippen molar-refractivity contribution in [1.82, 2.24) is 25.1 Å². The molecule has 1 fully saturated rings. The van der Waals surface area contributed by atoms with Crippen molar-refractivity contribution in [2.75, 3.05) is 13.1 Å². The number of carbonyl (C=O) groups excluding carboxylic acids is 2. The van der Waals surface area contributed by atoms with Crippen LogP contribution >= 0.6 is 0 Å². The number of aryl methyl sites for hydroxylation is 1. The minimum absolute atomic E-state index is 0.0393. The molecule has 0 radical (unpaired) electrons. The van der Waals surface area contributed by atoms with Crippen LogP contribution in [0.4, 0.5) is 0 Å². The fraction of sp³-hybridized carbons (Fsp3) is 0.318. The first-order valence-electron chi connectivity index (χ1n) is 9.89. The van der Waals surface area contributed by atoms with E-state index in [4.69, 9.17) is 0 Å². The van der Waals surface area contributed by atoms with Gasteiger partial charge >= 0.3 is 0 Å². The lowest BCUT2D eigenvalue weighted by molar-refractivity contribution is -0.132. The zero-order valence-corrected chi connectivity index (χ0v) is 16.1. The van der Waals surface area contributed by atoms with Crippen molar-refractivity contribution in [3.8, 4) is 11.1 Å². The number of hydrogen-bond donors (Lipinski definition) is 0. The summed E-state index contributed by atoms with van der Waals surface area (Å²) >= 11 is 0. The molecule has 0 bridgehead atoms. The Bertz CT molecular complexity index is 955. The van der Waals surface area contributed by atoms with Crippen molar-refractivity contribution in [2.45, 2.75) is 25.8 Å². The molecule has 7 heteroatoms. The fourth-order valence-electron chi connectivity index (χ4n) is 3.76. The number of piperidine rings is 1. The molecule has 2 aromatic carbocycles. The topological polar surface area (TPSA) is 81.0 Å².